The van der Waals surface area contributed by atoms with Gasteiger partial charge in [-0.25, -0.2) is 14.1 Å². The van der Waals surface area contributed by atoms with Crippen LogP contribution in [-0.4, -0.2) is 18.7 Å². The summed E-state index contributed by atoms with van der Waals surface area (Å²) in [4.78, 5) is 7.27. The number of pyridine rings is 1. The van der Waals surface area contributed by atoms with Crippen LogP contribution in [0.2, 0.25) is 0 Å². The summed E-state index contributed by atoms with van der Waals surface area (Å²) in [6, 6.07) is 55.4. The van der Waals surface area contributed by atoms with Crippen LogP contribution in [0.25, 0.3) is 55.5 Å². The van der Waals surface area contributed by atoms with Crippen LogP contribution in [-0.2, 0) is 21.1 Å². The minimum atomic E-state index is 0. The zero-order valence-electron chi connectivity index (χ0n) is 31.0. The first-order valence-corrected chi connectivity index (χ1v) is 18.3. The molecule has 54 heavy (non-hydrogen) atoms. The molecule has 0 N–H and O–H groups in total. The Bertz CT molecular complexity index is 2810. The maximum absolute atomic E-state index is 4.96. The van der Waals surface area contributed by atoms with E-state index in [9.17, 15) is 0 Å². The predicted molar refractivity (Wildman–Crippen MR) is 220 cm³/mol. The van der Waals surface area contributed by atoms with Gasteiger partial charge in [-0.1, -0.05) is 83.6 Å². The molecule has 0 saturated heterocycles. The monoisotopic (exact) mass is 881 g/mol. The van der Waals surface area contributed by atoms with E-state index in [1.165, 1.54) is 33.2 Å². The molecule has 0 aliphatic carbocycles. The third-order valence-electron chi connectivity index (χ3n) is 10.4. The Morgan fingerprint density at radius 2 is 1.30 bits per heavy atom. The molecule has 0 aliphatic heterocycles. The maximum atomic E-state index is 4.96. The molecule has 3 heterocycles. The number of imidazole rings is 1. The van der Waals surface area contributed by atoms with Gasteiger partial charge in [0.25, 0.3) is 0 Å². The van der Waals surface area contributed by atoms with Crippen LogP contribution in [0.3, 0.4) is 0 Å². The summed E-state index contributed by atoms with van der Waals surface area (Å²) in [6.07, 6.45) is 4.11. The third-order valence-corrected chi connectivity index (χ3v) is 10.4. The molecule has 6 aromatic carbocycles. The number of hydrogen-bond donors (Lipinski definition) is 0. The van der Waals surface area contributed by atoms with Gasteiger partial charge in [0.05, 0.1) is 6.04 Å². The fourth-order valence-electron chi connectivity index (χ4n) is 7.84. The van der Waals surface area contributed by atoms with Gasteiger partial charge in [-0.05, 0) is 98.2 Å². The first-order valence-electron chi connectivity index (χ1n) is 18.3. The number of aromatic nitrogens is 4. The van der Waals surface area contributed by atoms with Crippen LogP contribution >= 0.6 is 0 Å². The minimum absolute atomic E-state index is 0. The van der Waals surface area contributed by atoms with Crippen LogP contribution in [0.4, 0.5) is 17.1 Å². The summed E-state index contributed by atoms with van der Waals surface area (Å²) >= 11 is 0. The van der Waals surface area contributed by atoms with Gasteiger partial charge in [-0.3, -0.25) is 0 Å². The Labute approximate surface area is 331 Å². The summed E-state index contributed by atoms with van der Waals surface area (Å²) in [5, 5.41) is 2.29. The van der Waals surface area contributed by atoms with Crippen LogP contribution in [0.5, 0.6) is 0 Å². The van der Waals surface area contributed by atoms with Gasteiger partial charge in [0.1, 0.15) is 5.82 Å². The molecule has 9 aromatic rings. The van der Waals surface area contributed by atoms with E-state index in [2.05, 4.69) is 205 Å². The number of hydrogen-bond acceptors (Lipinski definition) is 2. The number of benzene rings is 6. The summed E-state index contributed by atoms with van der Waals surface area (Å²) in [5.74, 6) is 0.857. The Balaban J connectivity index is 0.00000413. The summed E-state index contributed by atoms with van der Waals surface area (Å²) < 4.78 is 6.83. The molecule has 0 bridgehead atoms. The smallest absolute Gasteiger partial charge is 0.188 e. The largest absolute Gasteiger partial charge is 0.357 e. The van der Waals surface area contributed by atoms with Crippen molar-refractivity contribution in [1.29, 1.82) is 0 Å². The molecule has 0 atom stereocenters. The van der Waals surface area contributed by atoms with Crippen molar-refractivity contribution in [3.63, 3.8) is 0 Å². The standard InChI is InChI=1S/C48H40N5.Pt/c1-32(2)50-31-51(45-23-11-10-22-44(45)50)37-17-13-18-38(29-37)52(48-34(4)15-12-16-35(48)5)39-24-25-42-41-20-8-9-21-43(41)53(46(42)30-39)47-28-36(26-27-49-47)40-19-7-6-14-33(40)3;/h6-28,31-32H,1-5H3;/q-1;. The zero-order valence-corrected chi connectivity index (χ0v) is 33.3. The quantitative estimate of drug-likeness (QED) is 0.149. The van der Waals surface area contributed by atoms with E-state index >= 15 is 0 Å². The van der Waals surface area contributed by atoms with Crippen molar-refractivity contribution >= 4 is 49.9 Å². The van der Waals surface area contributed by atoms with Crippen molar-refractivity contribution in [1.82, 2.24) is 18.7 Å². The molecule has 9 rings (SSSR count). The van der Waals surface area contributed by atoms with Gasteiger partial charge >= 0.3 is 0 Å². The van der Waals surface area contributed by atoms with E-state index in [4.69, 9.17) is 4.98 Å². The Morgan fingerprint density at radius 1 is 0.630 bits per heavy atom. The molecule has 6 heteroatoms. The molecular weight excluding hydrogens is 842 g/mol. The first-order chi connectivity index (χ1) is 25.9. The predicted octanol–water partition coefficient (Wildman–Crippen LogP) is 12.4. The topological polar surface area (TPSA) is 30.9 Å². The number of para-hydroxylation sites is 4. The van der Waals surface area contributed by atoms with Crippen molar-refractivity contribution in [2.45, 2.75) is 40.7 Å². The Morgan fingerprint density at radius 3 is 2.07 bits per heavy atom. The normalized spacial score (nSPS) is 11.4. The summed E-state index contributed by atoms with van der Waals surface area (Å²) in [6.45, 7) is 11.0. The second kappa shape index (κ2) is 14.2. The summed E-state index contributed by atoms with van der Waals surface area (Å²) in [7, 11) is 0. The molecule has 5 nitrogen and oxygen atoms in total. The second-order valence-electron chi connectivity index (χ2n) is 14.1. The molecular formula is C48H40N5Pt-. The number of rotatable bonds is 7. The number of nitrogens with zero attached hydrogens (tertiary/aromatic N) is 5. The molecule has 268 valence electrons. The molecule has 3 aromatic heterocycles. The van der Waals surface area contributed by atoms with E-state index in [0.717, 1.165) is 56.1 Å². The van der Waals surface area contributed by atoms with Crippen LogP contribution in [0.15, 0.2) is 146 Å². The van der Waals surface area contributed by atoms with Crippen molar-refractivity contribution in [2.24, 2.45) is 0 Å². The zero-order chi connectivity index (χ0) is 36.2. The number of anilines is 3. The molecule has 0 radical (unpaired) electrons. The van der Waals surface area contributed by atoms with E-state index in [1.807, 2.05) is 6.20 Å². The van der Waals surface area contributed by atoms with E-state index in [-0.39, 0.29) is 21.1 Å². The van der Waals surface area contributed by atoms with Crippen molar-refractivity contribution < 1.29 is 21.1 Å². The van der Waals surface area contributed by atoms with Gasteiger partial charge < -0.3 is 9.47 Å². The molecule has 0 spiro atoms. The Kier molecular flexibility index (Phi) is 9.29. The fourth-order valence-corrected chi connectivity index (χ4v) is 7.84. The van der Waals surface area contributed by atoms with Crippen molar-refractivity contribution in [2.75, 3.05) is 4.90 Å². The third kappa shape index (κ3) is 5.93. The molecule has 0 unspecified atom stereocenters. The molecule has 0 aliphatic rings. The van der Waals surface area contributed by atoms with Crippen molar-refractivity contribution in [3.05, 3.63) is 175 Å². The van der Waals surface area contributed by atoms with E-state index < -0.39 is 0 Å². The van der Waals surface area contributed by atoms with Crippen LogP contribution in [0, 0.1) is 32.9 Å². The molecule has 0 amide bonds. The van der Waals surface area contributed by atoms with E-state index in [1.54, 1.807) is 0 Å². The van der Waals surface area contributed by atoms with Crippen LogP contribution in [0.1, 0.15) is 36.6 Å². The average Bonchev–Trinajstić information content (AvgIpc) is 3.73. The fraction of sp³-hybridized carbons (Fsp3) is 0.125. The van der Waals surface area contributed by atoms with Gasteiger partial charge in [0, 0.05) is 56.3 Å². The molecule has 0 fully saturated rings. The molecule has 0 saturated carbocycles. The Hall–Kier alpha value is -5.77. The van der Waals surface area contributed by atoms with Gasteiger partial charge in [-0.2, -0.15) is 12.1 Å². The minimum Gasteiger partial charge on any atom is -0.357 e. The first kappa shape index (κ1) is 35.3. The van der Waals surface area contributed by atoms with Crippen LogP contribution < -0.4 is 4.90 Å². The number of fused-ring (bicyclic) bond motifs is 4. The second-order valence-corrected chi connectivity index (χ2v) is 14.1. The van der Waals surface area contributed by atoms with Gasteiger partial charge in [0.2, 0.25) is 0 Å². The van der Waals surface area contributed by atoms with Gasteiger partial charge in [0.15, 0.2) is 17.4 Å². The SMILES string of the molecule is Cc1ccccc1-c1ccnc(-n2c3[c-]c(N(c4[c-]c(-n5[cH+]n(C(C)C)c6ccccc65)ccc4)c4c(C)cccc4C)ccc3c3ccccc32)c1.[Pt]. The van der Waals surface area contributed by atoms with Gasteiger partial charge in [-0.15, -0.1) is 29.7 Å². The number of aryl methyl sites for hydroxylation is 3. The average molecular weight is 882 g/mol. The van der Waals surface area contributed by atoms with E-state index in [0.29, 0.717) is 6.04 Å². The van der Waals surface area contributed by atoms with Crippen molar-refractivity contribution in [3.8, 4) is 22.6 Å². The summed E-state index contributed by atoms with van der Waals surface area (Å²) in [5.41, 5.74) is 14.3. The maximum Gasteiger partial charge on any atom is 0.188 e.